The fraction of sp³-hybridized carbons (Fsp3) is 0.619. The molecule has 4 aliphatic carbocycles. The molecular formula is C21H27+. The zero-order chi connectivity index (χ0) is 14.6. The SMILES string of the molecule is Cc1cc(C)c([C+]=CC23CC4CC(CC(C4)C2)C3)c(C)c1. The molecule has 0 aromatic heterocycles. The number of hydrogen-bond donors (Lipinski definition) is 0. The summed E-state index contributed by atoms with van der Waals surface area (Å²) in [4.78, 5) is 0. The number of benzene rings is 1. The molecule has 21 heavy (non-hydrogen) atoms. The van der Waals surface area contributed by atoms with Crippen molar-refractivity contribution in [2.24, 2.45) is 23.2 Å². The predicted molar refractivity (Wildman–Crippen MR) is 88.2 cm³/mol. The first kappa shape index (κ1) is 13.5. The topological polar surface area (TPSA) is 0 Å². The van der Waals surface area contributed by atoms with Crippen molar-refractivity contribution in [1.29, 1.82) is 0 Å². The summed E-state index contributed by atoms with van der Waals surface area (Å²) in [5, 5.41) is 0. The molecule has 1 aromatic carbocycles. The number of rotatable bonds is 2. The van der Waals surface area contributed by atoms with Crippen LogP contribution in [0.2, 0.25) is 0 Å². The molecule has 110 valence electrons. The summed E-state index contributed by atoms with van der Waals surface area (Å²) in [6.45, 7) is 6.65. The summed E-state index contributed by atoms with van der Waals surface area (Å²) in [5.74, 6) is 3.07. The van der Waals surface area contributed by atoms with Crippen LogP contribution in [0.25, 0.3) is 0 Å². The Morgan fingerprint density at radius 1 is 0.905 bits per heavy atom. The summed E-state index contributed by atoms with van der Waals surface area (Å²) >= 11 is 0. The Balaban J connectivity index is 1.64. The van der Waals surface area contributed by atoms with E-state index >= 15 is 0 Å². The lowest BCUT2D eigenvalue weighted by Crippen LogP contribution is -2.45. The van der Waals surface area contributed by atoms with E-state index in [0.29, 0.717) is 5.41 Å². The van der Waals surface area contributed by atoms with E-state index in [1.165, 1.54) is 60.8 Å². The van der Waals surface area contributed by atoms with Crippen LogP contribution < -0.4 is 0 Å². The van der Waals surface area contributed by atoms with Gasteiger partial charge in [-0.2, -0.15) is 0 Å². The van der Waals surface area contributed by atoms with Gasteiger partial charge in [0, 0.05) is 43.5 Å². The summed E-state index contributed by atoms with van der Waals surface area (Å²) < 4.78 is 0. The maximum atomic E-state index is 3.74. The Hall–Kier alpha value is -1.13. The molecule has 4 fully saturated rings. The third kappa shape index (κ3) is 2.34. The quantitative estimate of drug-likeness (QED) is 0.624. The highest BCUT2D eigenvalue weighted by Crippen LogP contribution is 2.60. The minimum absolute atomic E-state index is 0.499. The molecule has 0 heterocycles. The van der Waals surface area contributed by atoms with E-state index in [1.807, 2.05) is 0 Å². The van der Waals surface area contributed by atoms with Crippen LogP contribution in [0.1, 0.15) is 60.8 Å². The van der Waals surface area contributed by atoms with E-state index in [4.69, 9.17) is 0 Å². The molecule has 0 radical (unpaired) electrons. The normalized spacial score (nSPS) is 37.2. The fourth-order valence-corrected chi connectivity index (χ4v) is 5.99. The number of hydrogen-bond acceptors (Lipinski definition) is 0. The van der Waals surface area contributed by atoms with E-state index in [9.17, 15) is 0 Å². The molecule has 0 aliphatic heterocycles. The molecule has 4 saturated carbocycles. The van der Waals surface area contributed by atoms with Gasteiger partial charge in [-0.1, -0.05) is 0 Å². The largest absolute Gasteiger partial charge is 0.193 e. The molecule has 0 heteroatoms. The number of allylic oxidation sites excluding steroid dienone is 1. The number of aryl methyl sites for hydroxylation is 3. The van der Waals surface area contributed by atoms with Gasteiger partial charge in [-0.15, -0.1) is 0 Å². The first-order valence-corrected chi connectivity index (χ1v) is 8.72. The van der Waals surface area contributed by atoms with Crippen molar-refractivity contribution < 1.29 is 0 Å². The first-order chi connectivity index (χ1) is 10.0. The van der Waals surface area contributed by atoms with Crippen molar-refractivity contribution in [1.82, 2.24) is 0 Å². The van der Waals surface area contributed by atoms with Crippen LogP contribution in [0.4, 0.5) is 0 Å². The average molecular weight is 279 g/mol. The molecular weight excluding hydrogens is 252 g/mol. The third-order valence-electron chi connectivity index (χ3n) is 6.29. The molecule has 0 nitrogen and oxygen atoms in total. The van der Waals surface area contributed by atoms with Gasteiger partial charge >= 0.3 is 0 Å². The van der Waals surface area contributed by atoms with E-state index in [-0.39, 0.29) is 0 Å². The molecule has 0 spiro atoms. The highest BCUT2D eigenvalue weighted by molar-refractivity contribution is 5.41. The lowest BCUT2D eigenvalue weighted by molar-refractivity contribution is -0.0239. The van der Waals surface area contributed by atoms with Crippen molar-refractivity contribution in [3.05, 3.63) is 46.5 Å². The minimum atomic E-state index is 0.499. The lowest BCUT2D eigenvalue weighted by Gasteiger charge is -2.55. The van der Waals surface area contributed by atoms with Gasteiger partial charge in [0.15, 0.2) is 5.56 Å². The summed E-state index contributed by atoms with van der Waals surface area (Å²) in [6, 6.07) is 4.59. The molecule has 0 unspecified atom stereocenters. The molecule has 4 bridgehead atoms. The van der Waals surface area contributed by atoms with E-state index in [0.717, 1.165) is 17.8 Å². The maximum absolute atomic E-state index is 3.74. The highest BCUT2D eigenvalue weighted by Gasteiger charge is 2.50. The fourth-order valence-electron chi connectivity index (χ4n) is 5.99. The van der Waals surface area contributed by atoms with Gasteiger partial charge in [-0.25, -0.2) is 0 Å². The predicted octanol–water partition coefficient (Wildman–Crippen LogP) is 5.54. The van der Waals surface area contributed by atoms with Crippen LogP contribution in [0, 0.1) is 50.0 Å². The zero-order valence-electron chi connectivity index (χ0n) is 13.7. The maximum Gasteiger partial charge on any atom is 0.193 e. The lowest BCUT2D eigenvalue weighted by atomic mass is 9.49. The first-order valence-electron chi connectivity index (χ1n) is 8.72. The van der Waals surface area contributed by atoms with Crippen LogP contribution >= 0.6 is 0 Å². The summed E-state index contributed by atoms with van der Waals surface area (Å²) in [6.07, 6.45) is 15.1. The molecule has 0 atom stereocenters. The standard InChI is InChI=1S/C21H27/c1-14-6-15(2)20(16(3)7-14)4-5-21-11-17-8-18(12-21)10-19(9-17)13-21/h5-7,17-19H,8-13H2,1-3H3/q+1. The van der Waals surface area contributed by atoms with Crippen LogP contribution in [0.3, 0.4) is 0 Å². The van der Waals surface area contributed by atoms with Gasteiger partial charge in [0.1, 0.15) is 0 Å². The Bertz CT molecular complexity index is 532. The third-order valence-corrected chi connectivity index (χ3v) is 6.29. The second kappa shape index (κ2) is 4.68. The van der Waals surface area contributed by atoms with Crippen molar-refractivity contribution in [2.75, 3.05) is 0 Å². The van der Waals surface area contributed by atoms with Crippen LogP contribution in [0.5, 0.6) is 0 Å². The van der Waals surface area contributed by atoms with Crippen LogP contribution in [0.15, 0.2) is 18.2 Å². The Kier molecular flexibility index (Phi) is 3.02. The van der Waals surface area contributed by atoms with Crippen molar-refractivity contribution >= 4 is 0 Å². The molecule has 1 aromatic rings. The van der Waals surface area contributed by atoms with Crippen LogP contribution in [-0.4, -0.2) is 0 Å². The van der Waals surface area contributed by atoms with E-state index in [2.05, 4.69) is 45.1 Å². The Morgan fingerprint density at radius 2 is 1.38 bits per heavy atom. The van der Waals surface area contributed by atoms with Gasteiger partial charge in [0.2, 0.25) is 0 Å². The zero-order valence-corrected chi connectivity index (χ0v) is 13.7. The molecule has 5 rings (SSSR count). The summed E-state index contributed by atoms with van der Waals surface area (Å²) in [5.41, 5.74) is 5.97. The Morgan fingerprint density at radius 3 is 1.86 bits per heavy atom. The Labute approximate surface area is 129 Å². The molecule has 0 amide bonds. The average Bonchev–Trinajstić information content (AvgIpc) is 2.35. The van der Waals surface area contributed by atoms with Gasteiger partial charge in [0.05, 0.1) is 11.1 Å². The minimum Gasteiger partial charge on any atom is -0.0475 e. The molecule has 0 N–H and O–H groups in total. The van der Waals surface area contributed by atoms with Crippen molar-refractivity contribution in [2.45, 2.75) is 59.3 Å². The van der Waals surface area contributed by atoms with Crippen LogP contribution in [-0.2, 0) is 0 Å². The second-order valence-corrected chi connectivity index (χ2v) is 8.34. The van der Waals surface area contributed by atoms with Gasteiger partial charge in [-0.3, -0.25) is 0 Å². The van der Waals surface area contributed by atoms with E-state index < -0.39 is 0 Å². The van der Waals surface area contributed by atoms with Crippen molar-refractivity contribution in [3.8, 4) is 0 Å². The van der Waals surface area contributed by atoms with Gasteiger partial charge in [0.25, 0.3) is 0 Å². The van der Waals surface area contributed by atoms with Crippen molar-refractivity contribution in [3.63, 3.8) is 0 Å². The smallest absolute Gasteiger partial charge is 0.0475 e. The van der Waals surface area contributed by atoms with E-state index in [1.54, 1.807) is 0 Å². The monoisotopic (exact) mass is 279 g/mol. The van der Waals surface area contributed by atoms with Gasteiger partial charge < -0.3 is 0 Å². The molecule has 4 aliphatic rings. The molecule has 0 saturated heterocycles. The summed E-state index contributed by atoms with van der Waals surface area (Å²) in [7, 11) is 0. The van der Waals surface area contributed by atoms with Gasteiger partial charge in [-0.05, 0) is 68.8 Å². The highest BCUT2D eigenvalue weighted by atomic mass is 14.5. The second-order valence-electron chi connectivity index (χ2n) is 8.34.